The number of rotatable bonds is 4. The molecule has 2 aromatic rings. The Labute approximate surface area is 124 Å². The van der Waals surface area contributed by atoms with Crippen molar-refractivity contribution in [3.63, 3.8) is 0 Å². The molecule has 4 nitrogen and oxygen atoms in total. The second-order valence-electron chi connectivity index (χ2n) is 6.57. The molecular formula is C17H21N3O. The molecule has 0 amide bonds. The van der Waals surface area contributed by atoms with E-state index in [0.717, 1.165) is 37.5 Å². The van der Waals surface area contributed by atoms with Gasteiger partial charge in [0.1, 0.15) is 0 Å². The molecule has 0 aliphatic heterocycles. The second kappa shape index (κ2) is 4.95. The van der Waals surface area contributed by atoms with E-state index in [2.05, 4.69) is 34.4 Å². The first kappa shape index (κ1) is 13.0. The largest absolute Gasteiger partial charge is 0.339 e. The van der Waals surface area contributed by atoms with Gasteiger partial charge in [-0.15, -0.1) is 0 Å². The highest BCUT2D eigenvalue weighted by molar-refractivity contribution is 5.38. The van der Waals surface area contributed by atoms with Crippen molar-refractivity contribution in [2.45, 2.75) is 44.4 Å². The normalized spacial score (nSPS) is 22.8. The van der Waals surface area contributed by atoms with Crippen molar-refractivity contribution in [2.24, 2.45) is 11.1 Å². The SMILES string of the molecule is NCC1(Cc2nc(C3CCc4ccccc43)no2)CCC1. The average molecular weight is 283 g/mol. The fourth-order valence-corrected chi connectivity index (χ4v) is 3.76. The van der Waals surface area contributed by atoms with Crippen molar-refractivity contribution in [1.82, 2.24) is 10.1 Å². The molecule has 2 aliphatic rings. The summed E-state index contributed by atoms with van der Waals surface area (Å²) in [6, 6.07) is 8.59. The van der Waals surface area contributed by atoms with Gasteiger partial charge in [0.15, 0.2) is 5.82 Å². The first-order chi connectivity index (χ1) is 10.3. The third-order valence-electron chi connectivity index (χ3n) is 5.30. The zero-order chi connectivity index (χ0) is 14.3. The lowest BCUT2D eigenvalue weighted by Gasteiger charge is -2.39. The Morgan fingerprint density at radius 2 is 2.14 bits per heavy atom. The molecule has 0 saturated heterocycles. The molecule has 0 radical (unpaired) electrons. The Morgan fingerprint density at radius 3 is 2.90 bits per heavy atom. The van der Waals surface area contributed by atoms with Gasteiger partial charge in [0, 0.05) is 12.3 Å². The minimum absolute atomic E-state index is 0.220. The number of aromatic nitrogens is 2. The lowest BCUT2D eigenvalue weighted by molar-refractivity contribution is 0.129. The van der Waals surface area contributed by atoms with Crippen LogP contribution >= 0.6 is 0 Å². The molecule has 1 heterocycles. The van der Waals surface area contributed by atoms with E-state index in [1.54, 1.807) is 0 Å². The van der Waals surface area contributed by atoms with Crippen molar-refractivity contribution >= 4 is 0 Å². The molecule has 1 fully saturated rings. The summed E-state index contributed by atoms with van der Waals surface area (Å²) in [4.78, 5) is 4.67. The second-order valence-corrected chi connectivity index (χ2v) is 6.57. The number of aryl methyl sites for hydroxylation is 1. The van der Waals surface area contributed by atoms with Crippen LogP contribution in [0.25, 0.3) is 0 Å². The first-order valence-corrected chi connectivity index (χ1v) is 7.90. The number of hydrogen-bond donors (Lipinski definition) is 1. The first-order valence-electron chi connectivity index (χ1n) is 7.90. The Hall–Kier alpha value is -1.68. The number of benzene rings is 1. The van der Waals surface area contributed by atoms with Gasteiger partial charge in [-0.1, -0.05) is 35.8 Å². The van der Waals surface area contributed by atoms with E-state index in [1.807, 2.05) is 0 Å². The van der Waals surface area contributed by atoms with Gasteiger partial charge in [0.2, 0.25) is 5.89 Å². The lowest BCUT2D eigenvalue weighted by Crippen LogP contribution is -2.39. The molecule has 21 heavy (non-hydrogen) atoms. The monoisotopic (exact) mass is 283 g/mol. The number of fused-ring (bicyclic) bond motifs is 1. The molecule has 0 bridgehead atoms. The fourth-order valence-electron chi connectivity index (χ4n) is 3.76. The molecule has 1 aromatic heterocycles. The molecule has 1 unspecified atom stereocenters. The summed E-state index contributed by atoms with van der Waals surface area (Å²) < 4.78 is 5.51. The quantitative estimate of drug-likeness (QED) is 0.937. The highest BCUT2D eigenvalue weighted by atomic mass is 16.5. The van der Waals surface area contributed by atoms with Gasteiger partial charge in [-0.05, 0) is 48.8 Å². The summed E-state index contributed by atoms with van der Waals surface area (Å²) in [6.45, 7) is 0.719. The molecule has 4 rings (SSSR count). The fraction of sp³-hybridized carbons (Fsp3) is 0.529. The van der Waals surface area contributed by atoms with Gasteiger partial charge in [-0.2, -0.15) is 4.98 Å². The van der Waals surface area contributed by atoms with E-state index >= 15 is 0 Å². The molecule has 4 heteroatoms. The molecule has 2 aliphatic carbocycles. The van der Waals surface area contributed by atoms with Crippen LogP contribution in [0.3, 0.4) is 0 Å². The molecular weight excluding hydrogens is 262 g/mol. The van der Waals surface area contributed by atoms with Gasteiger partial charge in [0.05, 0.1) is 0 Å². The third kappa shape index (κ3) is 2.18. The zero-order valence-corrected chi connectivity index (χ0v) is 12.2. The van der Waals surface area contributed by atoms with Crippen LogP contribution in [0.15, 0.2) is 28.8 Å². The van der Waals surface area contributed by atoms with Crippen LogP contribution in [0, 0.1) is 5.41 Å². The molecule has 110 valence electrons. The molecule has 2 N–H and O–H groups in total. The molecule has 1 atom stereocenters. The van der Waals surface area contributed by atoms with Crippen molar-refractivity contribution in [3.8, 4) is 0 Å². The maximum atomic E-state index is 5.92. The van der Waals surface area contributed by atoms with Crippen LogP contribution in [-0.2, 0) is 12.8 Å². The average Bonchev–Trinajstić information content (AvgIpc) is 3.09. The van der Waals surface area contributed by atoms with Gasteiger partial charge in [0.25, 0.3) is 0 Å². The number of nitrogens with two attached hydrogens (primary N) is 1. The van der Waals surface area contributed by atoms with Gasteiger partial charge < -0.3 is 10.3 Å². The van der Waals surface area contributed by atoms with Crippen molar-refractivity contribution in [3.05, 3.63) is 47.1 Å². The van der Waals surface area contributed by atoms with E-state index in [-0.39, 0.29) is 5.41 Å². The highest BCUT2D eigenvalue weighted by Crippen LogP contribution is 2.43. The van der Waals surface area contributed by atoms with Crippen LogP contribution in [0.1, 0.15) is 54.4 Å². The smallest absolute Gasteiger partial charge is 0.227 e. The van der Waals surface area contributed by atoms with Crippen molar-refractivity contribution in [2.75, 3.05) is 6.54 Å². The Balaban J connectivity index is 1.55. The minimum atomic E-state index is 0.220. The van der Waals surface area contributed by atoms with E-state index in [4.69, 9.17) is 10.3 Å². The predicted octanol–water partition coefficient (Wildman–Crippen LogP) is 2.82. The van der Waals surface area contributed by atoms with Crippen LogP contribution in [-0.4, -0.2) is 16.7 Å². The number of nitrogens with zero attached hydrogens (tertiary/aromatic N) is 2. The van der Waals surface area contributed by atoms with Gasteiger partial charge in [-0.3, -0.25) is 0 Å². The standard InChI is InChI=1S/C17H21N3O/c18-11-17(8-3-9-17)10-15-19-16(20-21-15)14-7-6-12-4-1-2-5-13(12)14/h1-2,4-5,14H,3,6-11,18H2. The van der Waals surface area contributed by atoms with Gasteiger partial charge >= 0.3 is 0 Å². The Bertz CT molecular complexity index is 639. The third-order valence-corrected chi connectivity index (χ3v) is 5.30. The predicted molar refractivity (Wildman–Crippen MR) is 79.9 cm³/mol. The van der Waals surface area contributed by atoms with Crippen molar-refractivity contribution in [1.29, 1.82) is 0 Å². The summed E-state index contributed by atoms with van der Waals surface area (Å²) in [5, 5.41) is 4.25. The summed E-state index contributed by atoms with van der Waals surface area (Å²) in [7, 11) is 0. The van der Waals surface area contributed by atoms with Crippen LogP contribution < -0.4 is 5.73 Å². The lowest BCUT2D eigenvalue weighted by atomic mass is 9.67. The molecule has 1 saturated carbocycles. The minimum Gasteiger partial charge on any atom is -0.339 e. The topological polar surface area (TPSA) is 64.9 Å². The van der Waals surface area contributed by atoms with E-state index in [0.29, 0.717) is 5.92 Å². The van der Waals surface area contributed by atoms with Crippen molar-refractivity contribution < 1.29 is 4.52 Å². The Kier molecular flexibility index (Phi) is 3.07. The maximum absolute atomic E-state index is 5.92. The van der Waals surface area contributed by atoms with Crippen LogP contribution in [0.4, 0.5) is 0 Å². The Morgan fingerprint density at radius 1 is 1.29 bits per heavy atom. The number of hydrogen-bond acceptors (Lipinski definition) is 4. The zero-order valence-electron chi connectivity index (χ0n) is 12.2. The van der Waals surface area contributed by atoms with Crippen LogP contribution in [0.5, 0.6) is 0 Å². The molecule has 1 aromatic carbocycles. The maximum Gasteiger partial charge on any atom is 0.227 e. The van der Waals surface area contributed by atoms with Gasteiger partial charge in [-0.25, -0.2) is 0 Å². The summed E-state index contributed by atoms with van der Waals surface area (Å²) in [6.07, 6.45) is 6.68. The van der Waals surface area contributed by atoms with E-state index in [9.17, 15) is 0 Å². The summed E-state index contributed by atoms with van der Waals surface area (Å²) in [5.41, 5.74) is 8.92. The summed E-state index contributed by atoms with van der Waals surface area (Å²) >= 11 is 0. The van der Waals surface area contributed by atoms with E-state index < -0.39 is 0 Å². The summed E-state index contributed by atoms with van der Waals surface area (Å²) in [5.74, 6) is 1.91. The highest BCUT2D eigenvalue weighted by Gasteiger charge is 2.38. The molecule has 0 spiro atoms. The van der Waals surface area contributed by atoms with Crippen LogP contribution in [0.2, 0.25) is 0 Å². The van der Waals surface area contributed by atoms with E-state index in [1.165, 1.54) is 30.4 Å².